The zero-order valence-electron chi connectivity index (χ0n) is 64.4. The highest BCUT2D eigenvalue weighted by molar-refractivity contribution is 7.31. The van der Waals surface area contributed by atoms with Crippen LogP contribution in [0.5, 0.6) is 0 Å². The molecule has 1 aliphatic rings. The third-order valence-electron chi connectivity index (χ3n) is 19.5. The number of ether oxygens (including phenoxy) is 5. The van der Waals surface area contributed by atoms with Crippen molar-refractivity contribution in [2.75, 3.05) is 26.4 Å². The summed E-state index contributed by atoms with van der Waals surface area (Å²) in [4.78, 5) is 83.8. The lowest BCUT2D eigenvalue weighted by Gasteiger charge is -2.46. The molecule has 3 amide bonds. The lowest BCUT2D eigenvalue weighted by molar-refractivity contribution is -0.244. The van der Waals surface area contributed by atoms with Crippen molar-refractivity contribution >= 4 is 44.4 Å². The SMILES string of the molecule is CCCCCCCCCCC[C@H](CC(=O)NCCO[C@@H]1O[C@H](CO)[C@@H](OPC)[C@@H](NC(=O)C[C@@H](CCCCCCCCCCC)OC(=O)CCCCCCCCC)[C@H]1NC(=O)C[C@@H](CCCCCCCCCCC)OC(=O)CCCCCCCCC)OC(=O)CCCCCCCCC. The van der Waals surface area contributed by atoms with Crippen LogP contribution in [-0.4, -0.2) is 116 Å². The fraction of sp³-hybridized carbons (Fsp3) is 0.926. The number of hydrogen-bond donors (Lipinski definition) is 4. The summed E-state index contributed by atoms with van der Waals surface area (Å²) in [5.74, 6) is -2.04. The maximum absolute atomic E-state index is 14.8. The molecule has 98 heavy (non-hydrogen) atoms. The third kappa shape index (κ3) is 53.8. The molecule has 9 atom stereocenters. The number of carbonyl (C=O) groups excluding carboxylic acids is 6. The maximum Gasteiger partial charge on any atom is 0.306 e. The molecule has 0 aromatic rings. The van der Waals surface area contributed by atoms with Gasteiger partial charge in [0.15, 0.2) is 6.29 Å². The summed E-state index contributed by atoms with van der Waals surface area (Å²) in [5.41, 5.74) is 0. The maximum atomic E-state index is 14.8. The van der Waals surface area contributed by atoms with Crippen LogP contribution >= 0.6 is 8.81 Å². The number of carbonyl (C=O) groups is 6. The highest BCUT2D eigenvalue weighted by Gasteiger charge is 2.49. The number of nitrogens with one attached hydrogen (secondary N) is 3. The minimum atomic E-state index is -1.25. The molecule has 0 aliphatic carbocycles. The molecular formula is C81H154N3O13P. The second kappa shape index (κ2) is 68.5. The zero-order valence-corrected chi connectivity index (χ0v) is 65.4. The van der Waals surface area contributed by atoms with E-state index in [1.165, 1.54) is 167 Å². The van der Waals surface area contributed by atoms with Gasteiger partial charge in [-0.1, -0.05) is 311 Å². The van der Waals surface area contributed by atoms with E-state index in [1.807, 2.05) is 6.66 Å². The molecular weight excluding hydrogens is 1250 g/mol. The summed E-state index contributed by atoms with van der Waals surface area (Å²) in [6.45, 7) is 14.6. The molecule has 0 aromatic heterocycles. The van der Waals surface area contributed by atoms with E-state index in [4.69, 9.17) is 28.2 Å². The predicted molar refractivity (Wildman–Crippen MR) is 405 cm³/mol. The Morgan fingerprint density at radius 1 is 0.378 bits per heavy atom. The topological polar surface area (TPSA) is 214 Å². The van der Waals surface area contributed by atoms with E-state index >= 15 is 0 Å². The normalized spacial score (nSPS) is 17.2. The summed E-state index contributed by atoms with van der Waals surface area (Å²) in [7, 11) is -0.0917. The van der Waals surface area contributed by atoms with Crippen LogP contribution in [0.25, 0.3) is 0 Å². The van der Waals surface area contributed by atoms with Crippen LogP contribution in [0.15, 0.2) is 0 Å². The van der Waals surface area contributed by atoms with Gasteiger partial charge in [-0.2, -0.15) is 0 Å². The average Bonchev–Trinajstić information content (AvgIpc) is 0.790. The van der Waals surface area contributed by atoms with E-state index in [0.717, 1.165) is 141 Å². The van der Waals surface area contributed by atoms with Crippen molar-refractivity contribution in [2.24, 2.45) is 0 Å². The molecule has 1 aliphatic heterocycles. The van der Waals surface area contributed by atoms with Gasteiger partial charge < -0.3 is 49.3 Å². The minimum absolute atomic E-state index is 0.00822. The quantitative estimate of drug-likeness (QED) is 0.0193. The standard InChI is InChI=1S/C81H154N3O13P/c1-8-14-20-26-32-35-41-44-50-56-68(93-75(89)59-53-47-38-29-23-17-11-4)64-72(86)82-62-63-92-81-79(84-74(88)66-70(58-52-46-43-37-34-28-22-16-10-3)95-77(91)61-55-49-40-31-25-19-13-6)78(80(97-98-7)71(67-85)96-81)83-73(87)65-69(57-51-45-42-36-33-27-21-15-9-2)94-76(90)60-54-48-39-30-24-18-12-5/h68-71,78-81,85,98H,8-67H2,1-7H3,(H,82,86)(H,83,87)(H,84,88)/t68-,69-,70-,71-,78+,79-,80-,81-/m1/s1. The Morgan fingerprint density at radius 3 is 0.949 bits per heavy atom. The molecule has 1 saturated heterocycles. The van der Waals surface area contributed by atoms with Gasteiger partial charge in [0.2, 0.25) is 17.7 Å². The van der Waals surface area contributed by atoms with Crippen molar-refractivity contribution in [1.29, 1.82) is 0 Å². The van der Waals surface area contributed by atoms with Gasteiger partial charge in [-0.15, -0.1) is 0 Å². The molecule has 4 N–H and O–H groups in total. The van der Waals surface area contributed by atoms with E-state index in [0.29, 0.717) is 25.7 Å². The Labute approximate surface area is 602 Å². The molecule has 17 heteroatoms. The largest absolute Gasteiger partial charge is 0.462 e. The highest BCUT2D eigenvalue weighted by atomic mass is 31.1. The van der Waals surface area contributed by atoms with Gasteiger partial charge in [-0.3, -0.25) is 28.8 Å². The number of amides is 3. The van der Waals surface area contributed by atoms with Crippen LogP contribution in [0, 0.1) is 0 Å². The first-order valence-corrected chi connectivity index (χ1v) is 42.9. The Balaban J connectivity index is 3.60. The average molecular weight is 1410 g/mol. The Hall–Kier alpha value is -2.91. The van der Waals surface area contributed by atoms with Crippen molar-refractivity contribution < 1.29 is 62.1 Å². The van der Waals surface area contributed by atoms with Crippen molar-refractivity contribution in [3.63, 3.8) is 0 Å². The molecule has 1 heterocycles. The fourth-order valence-corrected chi connectivity index (χ4v) is 14.0. The molecule has 0 bridgehead atoms. The molecule has 0 spiro atoms. The Morgan fingerprint density at radius 2 is 0.653 bits per heavy atom. The first kappa shape index (κ1) is 93.1. The van der Waals surface area contributed by atoms with Gasteiger partial charge in [0.05, 0.1) is 38.5 Å². The number of aliphatic hydroxyl groups is 1. The van der Waals surface area contributed by atoms with Crippen LogP contribution < -0.4 is 16.0 Å². The molecule has 0 radical (unpaired) electrons. The third-order valence-corrected chi connectivity index (χ3v) is 20.0. The van der Waals surface area contributed by atoms with Crippen LogP contribution in [-0.2, 0) is 57.0 Å². The van der Waals surface area contributed by atoms with Crippen LogP contribution in [0.4, 0.5) is 0 Å². The summed E-state index contributed by atoms with van der Waals surface area (Å²) in [5, 5.41) is 20.4. The van der Waals surface area contributed by atoms with E-state index in [-0.39, 0.29) is 77.9 Å². The monoisotopic (exact) mass is 1410 g/mol. The highest BCUT2D eigenvalue weighted by Crippen LogP contribution is 2.30. The van der Waals surface area contributed by atoms with Gasteiger partial charge in [0.25, 0.3) is 0 Å². The number of unbranched alkanes of at least 4 members (excludes halogenated alkanes) is 42. The van der Waals surface area contributed by atoms with Crippen molar-refractivity contribution in [1.82, 2.24) is 16.0 Å². The molecule has 16 nitrogen and oxygen atoms in total. The van der Waals surface area contributed by atoms with Gasteiger partial charge in [0.1, 0.15) is 36.6 Å². The number of hydrogen-bond acceptors (Lipinski definition) is 13. The summed E-state index contributed by atoms with van der Waals surface area (Å²) >= 11 is 0. The van der Waals surface area contributed by atoms with E-state index in [2.05, 4.69) is 57.5 Å². The smallest absolute Gasteiger partial charge is 0.306 e. The van der Waals surface area contributed by atoms with Gasteiger partial charge >= 0.3 is 17.9 Å². The zero-order chi connectivity index (χ0) is 71.6. The minimum Gasteiger partial charge on any atom is -0.462 e. The van der Waals surface area contributed by atoms with Gasteiger partial charge in [-0.25, -0.2) is 0 Å². The van der Waals surface area contributed by atoms with Crippen LogP contribution in [0.2, 0.25) is 0 Å². The van der Waals surface area contributed by atoms with E-state index in [9.17, 15) is 33.9 Å². The predicted octanol–water partition coefficient (Wildman–Crippen LogP) is 20.5. The van der Waals surface area contributed by atoms with Gasteiger partial charge in [0, 0.05) is 34.6 Å². The lowest BCUT2D eigenvalue weighted by atomic mass is 9.93. The molecule has 0 saturated carbocycles. The molecule has 576 valence electrons. The molecule has 0 aromatic carbocycles. The van der Waals surface area contributed by atoms with Gasteiger partial charge in [-0.05, 0) is 64.5 Å². The van der Waals surface area contributed by atoms with E-state index in [1.54, 1.807) is 0 Å². The number of aliphatic hydroxyl groups excluding tert-OH is 1. The second-order valence-corrected chi connectivity index (χ2v) is 29.5. The summed E-state index contributed by atoms with van der Waals surface area (Å²) < 4.78 is 37.8. The first-order chi connectivity index (χ1) is 47.9. The fourth-order valence-electron chi connectivity index (χ4n) is 13.5. The number of rotatable bonds is 72. The van der Waals surface area contributed by atoms with Crippen LogP contribution in [0.3, 0.4) is 0 Å². The lowest BCUT2D eigenvalue weighted by Crippen LogP contribution is -2.70. The first-order valence-electron chi connectivity index (χ1n) is 41.5. The molecule has 1 unspecified atom stereocenters. The molecule has 1 fully saturated rings. The van der Waals surface area contributed by atoms with Crippen molar-refractivity contribution in [3.8, 4) is 0 Å². The van der Waals surface area contributed by atoms with Crippen LogP contribution in [0.1, 0.15) is 408 Å². The summed E-state index contributed by atoms with van der Waals surface area (Å²) in [6.07, 6.45) is 50.2. The molecule has 1 rings (SSSR count). The summed E-state index contributed by atoms with van der Waals surface area (Å²) in [6, 6.07) is -2.09. The Bertz CT molecular complexity index is 1880. The van der Waals surface area contributed by atoms with Crippen molar-refractivity contribution in [3.05, 3.63) is 0 Å². The Kier molecular flexibility index (Phi) is 65.1. The van der Waals surface area contributed by atoms with Crippen molar-refractivity contribution in [2.45, 2.75) is 456 Å². The van der Waals surface area contributed by atoms with E-state index < -0.39 is 67.3 Å². The number of esters is 3. The second-order valence-electron chi connectivity index (χ2n) is 28.8.